The van der Waals surface area contributed by atoms with Crippen LogP contribution in [0.3, 0.4) is 0 Å². The summed E-state index contributed by atoms with van der Waals surface area (Å²) in [6.45, 7) is 3.33. The summed E-state index contributed by atoms with van der Waals surface area (Å²) in [5.74, 6) is 1.92. The van der Waals surface area contributed by atoms with Gasteiger partial charge in [-0.3, -0.25) is 4.90 Å². The molecule has 2 aromatic rings. The monoisotopic (exact) mass is 325 g/mol. The van der Waals surface area contributed by atoms with Gasteiger partial charge in [0, 0.05) is 6.04 Å². The fraction of sp³-hybridized carbons (Fsp3) is 0.571. The molecule has 1 aliphatic rings. The molecule has 1 saturated heterocycles. The fourth-order valence-electron chi connectivity index (χ4n) is 2.74. The van der Waals surface area contributed by atoms with Crippen LogP contribution in [0, 0.1) is 0 Å². The van der Waals surface area contributed by atoms with E-state index in [4.69, 9.17) is 8.94 Å². The van der Waals surface area contributed by atoms with E-state index in [-0.39, 0.29) is 17.5 Å². The zero-order valence-electron chi connectivity index (χ0n) is 12.4. The van der Waals surface area contributed by atoms with Gasteiger partial charge in [-0.1, -0.05) is 12.1 Å². The van der Waals surface area contributed by atoms with Gasteiger partial charge >= 0.3 is 0 Å². The molecular formula is C14H19N3O4S. The van der Waals surface area contributed by atoms with E-state index < -0.39 is 9.84 Å². The number of hydrogen-bond donors (Lipinski definition) is 0. The Balaban J connectivity index is 1.71. The second-order valence-corrected chi connectivity index (χ2v) is 7.75. The van der Waals surface area contributed by atoms with Crippen molar-refractivity contribution in [3.05, 3.63) is 24.3 Å². The van der Waals surface area contributed by atoms with Crippen LogP contribution in [0.4, 0.5) is 0 Å². The maximum atomic E-state index is 11.7. The third kappa shape index (κ3) is 3.38. The number of rotatable bonds is 6. The largest absolute Gasteiger partial charge is 0.461 e. The van der Waals surface area contributed by atoms with Crippen molar-refractivity contribution in [1.82, 2.24) is 15.0 Å². The summed E-state index contributed by atoms with van der Waals surface area (Å²) in [6.07, 6.45) is 3.16. The van der Waals surface area contributed by atoms with Crippen LogP contribution >= 0.6 is 0 Å². The first kappa shape index (κ1) is 15.2. The molecule has 0 bridgehead atoms. The van der Waals surface area contributed by atoms with Crippen LogP contribution in [-0.4, -0.2) is 47.6 Å². The summed E-state index contributed by atoms with van der Waals surface area (Å²) in [4.78, 5) is 6.43. The average molecular weight is 325 g/mol. The highest BCUT2D eigenvalue weighted by molar-refractivity contribution is 7.91. The lowest BCUT2D eigenvalue weighted by Gasteiger charge is -2.25. The Morgan fingerprint density at radius 2 is 2.32 bits per heavy atom. The molecule has 22 heavy (non-hydrogen) atoms. The Bertz CT molecular complexity index is 708. The fourth-order valence-corrected chi connectivity index (χ4v) is 4.50. The summed E-state index contributed by atoms with van der Waals surface area (Å²) in [7, 11) is -2.90. The van der Waals surface area contributed by atoms with Gasteiger partial charge < -0.3 is 8.94 Å². The smallest absolute Gasteiger partial charge is 0.241 e. The van der Waals surface area contributed by atoms with Gasteiger partial charge in [-0.05, 0) is 31.5 Å². The predicted molar refractivity (Wildman–Crippen MR) is 79.8 cm³/mol. The quantitative estimate of drug-likeness (QED) is 0.799. The Morgan fingerprint density at radius 3 is 2.95 bits per heavy atom. The van der Waals surface area contributed by atoms with Crippen molar-refractivity contribution in [2.75, 3.05) is 18.1 Å². The zero-order chi connectivity index (χ0) is 15.6. The SMILES string of the molecule is CCCN(Cc1nc(-c2ccco2)no1)[C@H]1CCS(=O)(=O)C1. The summed E-state index contributed by atoms with van der Waals surface area (Å²) < 4.78 is 33.8. The Morgan fingerprint density at radius 1 is 1.45 bits per heavy atom. The van der Waals surface area contributed by atoms with E-state index in [0.717, 1.165) is 13.0 Å². The minimum atomic E-state index is -2.90. The molecular weight excluding hydrogens is 306 g/mol. The highest BCUT2D eigenvalue weighted by Crippen LogP contribution is 2.21. The number of hydrogen-bond acceptors (Lipinski definition) is 7. The van der Waals surface area contributed by atoms with Gasteiger partial charge in [0.2, 0.25) is 11.7 Å². The number of sulfone groups is 1. The molecule has 0 N–H and O–H groups in total. The lowest BCUT2D eigenvalue weighted by Crippen LogP contribution is -2.36. The summed E-state index contributed by atoms with van der Waals surface area (Å²) in [5, 5.41) is 3.90. The van der Waals surface area contributed by atoms with E-state index in [2.05, 4.69) is 22.0 Å². The topological polar surface area (TPSA) is 89.4 Å². The first-order chi connectivity index (χ1) is 10.6. The molecule has 0 radical (unpaired) electrons. The third-order valence-electron chi connectivity index (χ3n) is 3.78. The van der Waals surface area contributed by atoms with E-state index in [1.165, 1.54) is 0 Å². The third-order valence-corrected chi connectivity index (χ3v) is 5.53. The summed E-state index contributed by atoms with van der Waals surface area (Å²) >= 11 is 0. The molecule has 0 saturated carbocycles. The number of nitrogens with zero attached hydrogens (tertiary/aromatic N) is 3. The van der Waals surface area contributed by atoms with Crippen molar-refractivity contribution < 1.29 is 17.4 Å². The van der Waals surface area contributed by atoms with E-state index in [1.54, 1.807) is 18.4 Å². The van der Waals surface area contributed by atoms with Crippen LogP contribution in [0.15, 0.2) is 27.3 Å². The molecule has 0 aromatic carbocycles. The first-order valence-electron chi connectivity index (χ1n) is 7.38. The van der Waals surface area contributed by atoms with E-state index in [0.29, 0.717) is 30.4 Å². The van der Waals surface area contributed by atoms with Gasteiger partial charge in [-0.2, -0.15) is 4.98 Å². The van der Waals surface area contributed by atoms with Crippen molar-refractivity contribution in [3.63, 3.8) is 0 Å². The molecule has 1 aliphatic heterocycles. The second-order valence-electron chi connectivity index (χ2n) is 5.52. The van der Waals surface area contributed by atoms with E-state index >= 15 is 0 Å². The highest BCUT2D eigenvalue weighted by atomic mass is 32.2. The standard InChI is InChI=1S/C14H19N3O4S/c1-2-6-17(11-5-8-22(18,19)10-11)9-13-15-14(16-21-13)12-4-3-7-20-12/h3-4,7,11H,2,5-6,8-10H2,1H3/t11-/m0/s1. The van der Waals surface area contributed by atoms with Crippen LogP contribution in [0.25, 0.3) is 11.6 Å². The molecule has 3 rings (SSSR count). The molecule has 2 aromatic heterocycles. The van der Waals surface area contributed by atoms with Crippen molar-refractivity contribution in [2.24, 2.45) is 0 Å². The Labute approximate surface area is 129 Å². The van der Waals surface area contributed by atoms with Gasteiger partial charge in [0.25, 0.3) is 0 Å². The summed E-state index contributed by atoms with van der Waals surface area (Å²) in [5.41, 5.74) is 0. The molecule has 8 heteroatoms. The lowest BCUT2D eigenvalue weighted by molar-refractivity contribution is 0.177. The lowest BCUT2D eigenvalue weighted by atomic mass is 10.2. The van der Waals surface area contributed by atoms with Crippen molar-refractivity contribution in [2.45, 2.75) is 32.4 Å². The molecule has 0 amide bonds. The van der Waals surface area contributed by atoms with Crippen LogP contribution in [0.2, 0.25) is 0 Å². The minimum Gasteiger partial charge on any atom is -0.461 e. The molecule has 0 unspecified atom stereocenters. The molecule has 0 aliphatic carbocycles. The normalized spacial score (nSPS) is 20.7. The van der Waals surface area contributed by atoms with Crippen molar-refractivity contribution >= 4 is 9.84 Å². The maximum absolute atomic E-state index is 11.7. The summed E-state index contributed by atoms with van der Waals surface area (Å²) in [6, 6.07) is 3.56. The Kier molecular flexibility index (Phi) is 4.30. The number of furan rings is 1. The minimum absolute atomic E-state index is 0.0314. The van der Waals surface area contributed by atoms with Gasteiger partial charge in [0.1, 0.15) is 0 Å². The van der Waals surface area contributed by atoms with Gasteiger partial charge in [-0.15, -0.1) is 0 Å². The predicted octanol–water partition coefficient (Wildman–Crippen LogP) is 1.73. The van der Waals surface area contributed by atoms with E-state index in [9.17, 15) is 8.42 Å². The molecule has 1 fully saturated rings. The van der Waals surface area contributed by atoms with Gasteiger partial charge in [0.15, 0.2) is 15.6 Å². The van der Waals surface area contributed by atoms with Crippen molar-refractivity contribution in [3.8, 4) is 11.6 Å². The van der Waals surface area contributed by atoms with Gasteiger partial charge in [0.05, 0.1) is 24.3 Å². The zero-order valence-corrected chi connectivity index (χ0v) is 13.3. The highest BCUT2D eigenvalue weighted by Gasteiger charge is 2.32. The van der Waals surface area contributed by atoms with E-state index in [1.807, 2.05) is 0 Å². The Hall–Kier alpha value is -1.67. The van der Waals surface area contributed by atoms with Crippen LogP contribution in [0.1, 0.15) is 25.7 Å². The second kappa shape index (κ2) is 6.21. The number of aromatic nitrogens is 2. The van der Waals surface area contributed by atoms with Gasteiger partial charge in [-0.25, -0.2) is 8.42 Å². The maximum Gasteiger partial charge on any atom is 0.241 e. The molecule has 0 spiro atoms. The molecule has 120 valence electrons. The molecule has 1 atom stereocenters. The van der Waals surface area contributed by atoms with Crippen LogP contribution in [-0.2, 0) is 16.4 Å². The molecule has 7 nitrogen and oxygen atoms in total. The van der Waals surface area contributed by atoms with Crippen molar-refractivity contribution in [1.29, 1.82) is 0 Å². The average Bonchev–Trinajstić information content (AvgIpc) is 3.17. The van der Waals surface area contributed by atoms with Crippen LogP contribution in [0.5, 0.6) is 0 Å². The first-order valence-corrected chi connectivity index (χ1v) is 9.20. The van der Waals surface area contributed by atoms with Crippen LogP contribution < -0.4 is 0 Å². The molecule has 3 heterocycles.